The molecule has 3 atom stereocenters. The molecule has 0 saturated heterocycles. The number of aliphatic hydroxyl groups excluding tert-OH is 1. The molecule has 1 saturated carbocycles. The molecule has 2 aliphatic rings. The van der Waals surface area contributed by atoms with E-state index in [1.807, 2.05) is 19.1 Å². The molecule has 1 aromatic carbocycles. The van der Waals surface area contributed by atoms with E-state index in [2.05, 4.69) is 26.8 Å². The Balaban J connectivity index is 1.75. The van der Waals surface area contributed by atoms with Crippen LogP contribution < -0.4 is 4.74 Å². The van der Waals surface area contributed by atoms with E-state index in [0.717, 1.165) is 36.1 Å². The van der Waals surface area contributed by atoms with Gasteiger partial charge in [-0.05, 0) is 86.6 Å². The zero-order chi connectivity index (χ0) is 18.2. The van der Waals surface area contributed by atoms with Gasteiger partial charge in [0.15, 0.2) is 0 Å². The maximum atomic E-state index is 10.1. The van der Waals surface area contributed by atoms with Crippen LogP contribution in [0.1, 0.15) is 64.0 Å². The molecule has 138 valence electrons. The van der Waals surface area contributed by atoms with Gasteiger partial charge in [0.2, 0.25) is 0 Å². The van der Waals surface area contributed by atoms with Gasteiger partial charge >= 0.3 is 0 Å². The molecule has 1 aromatic rings. The molecule has 1 aliphatic heterocycles. The molecule has 2 N–H and O–H groups in total. The Morgan fingerprint density at radius 3 is 2.72 bits per heavy atom. The van der Waals surface area contributed by atoms with Crippen LogP contribution in [-0.4, -0.2) is 22.4 Å². The van der Waals surface area contributed by atoms with E-state index in [1.54, 1.807) is 6.07 Å². The van der Waals surface area contributed by atoms with E-state index in [-0.39, 0.29) is 23.4 Å². The lowest BCUT2D eigenvalue weighted by Gasteiger charge is -2.45. The molecule has 1 aliphatic carbocycles. The van der Waals surface area contributed by atoms with E-state index < -0.39 is 0 Å². The van der Waals surface area contributed by atoms with Crippen LogP contribution in [0.3, 0.4) is 0 Å². The van der Waals surface area contributed by atoms with E-state index in [9.17, 15) is 10.2 Å². The maximum absolute atomic E-state index is 10.1. The van der Waals surface area contributed by atoms with Crippen molar-refractivity contribution in [3.8, 4) is 11.5 Å². The summed E-state index contributed by atoms with van der Waals surface area (Å²) >= 11 is 0. The smallest absolute Gasteiger partial charge is 0.131 e. The molecule has 1 heterocycles. The zero-order valence-corrected chi connectivity index (χ0v) is 16.0. The Morgan fingerprint density at radius 2 is 2.00 bits per heavy atom. The monoisotopic (exact) mass is 344 g/mol. The van der Waals surface area contributed by atoms with Crippen molar-refractivity contribution in [3.63, 3.8) is 0 Å². The number of aromatic hydroxyl groups is 1. The summed E-state index contributed by atoms with van der Waals surface area (Å²) in [7, 11) is 0. The number of rotatable bonds is 4. The minimum Gasteiger partial charge on any atom is -0.507 e. The van der Waals surface area contributed by atoms with Gasteiger partial charge in [-0.1, -0.05) is 20.3 Å². The molecule has 0 aromatic heterocycles. The molecule has 3 rings (SSSR count). The number of hydrogen-bond acceptors (Lipinski definition) is 3. The van der Waals surface area contributed by atoms with Gasteiger partial charge in [0.25, 0.3) is 0 Å². The molecular weight excluding hydrogens is 312 g/mol. The fraction of sp³-hybridized carbons (Fsp3) is 0.636. The highest BCUT2D eigenvalue weighted by Crippen LogP contribution is 2.48. The predicted octanol–water partition coefficient (Wildman–Crippen LogP) is 5.08. The van der Waals surface area contributed by atoms with Crippen LogP contribution in [-0.2, 0) is 0 Å². The summed E-state index contributed by atoms with van der Waals surface area (Å²) in [5.41, 5.74) is 1.69. The van der Waals surface area contributed by atoms with Crippen molar-refractivity contribution in [2.45, 2.75) is 65.4 Å². The molecule has 3 heteroatoms. The number of fused-ring (bicyclic) bond motifs is 1. The molecule has 0 spiro atoms. The van der Waals surface area contributed by atoms with Crippen molar-refractivity contribution in [2.24, 2.45) is 17.3 Å². The minimum absolute atomic E-state index is 0.271. The lowest BCUT2D eigenvalue weighted by Crippen LogP contribution is -2.39. The van der Waals surface area contributed by atoms with Crippen molar-refractivity contribution in [3.05, 3.63) is 29.3 Å². The third-order valence-corrected chi connectivity index (χ3v) is 6.37. The Kier molecular flexibility index (Phi) is 4.89. The largest absolute Gasteiger partial charge is 0.507 e. The fourth-order valence-electron chi connectivity index (χ4n) is 4.81. The third-order valence-electron chi connectivity index (χ3n) is 6.37. The first-order valence-electron chi connectivity index (χ1n) is 9.57. The van der Waals surface area contributed by atoms with E-state index in [4.69, 9.17) is 4.74 Å². The van der Waals surface area contributed by atoms with Gasteiger partial charge in [0, 0.05) is 6.61 Å². The second-order valence-corrected chi connectivity index (χ2v) is 8.91. The van der Waals surface area contributed by atoms with Crippen LogP contribution in [0.4, 0.5) is 0 Å². The van der Waals surface area contributed by atoms with E-state index in [1.165, 1.54) is 12.8 Å². The SMILES string of the molecule is Cc1cc(O)c2c(c1)OC(C)(CCC1C(CO)CCCC1(C)C)C=C2. The van der Waals surface area contributed by atoms with Gasteiger partial charge in [0.1, 0.15) is 17.1 Å². The van der Waals surface area contributed by atoms with Crippen LogP contribution in [0.5, 0.6) is 11.5 Å². The second kappa shape index (κ2) is 6.68. The number of ether oxygens (including phenoxy) is 1. The highest BCUT2D eigenvalue weighted by atomic mass is 16.5. The molecule has 3 unspecified atom stereocenters. The number of aliphatic hydroxyl groups is 1. The third kappa shape index (κ3) is 3.72. The first kappa shape index (κ1) is 18.3. The summed E-state index contributed by atoms with van der Waals surface area (Å²) in [5.74, 6) is 1.97. The highest BCUT2D eigenvalue weighted by molar-refractivity contribution is 5.67. The van der Waals surface area contributed by atoms with Gasteiger partial charge in [0.05, 0.1) is 5.56 Å². The van der Waals surface area contributed by atoms with Crippen LogP contribution >= 0.6 is 0 Å². The minimum atomic E-state index is -0.360. The van der Waals surface area contributed by atoms with E-state index in [0.29, 0.717) is 11.8 Å². The lowest BCUT2D eigenvalue weighted by molar-refractivity contribution is 0.0162. The summed E-state index contributed by atoms with van der Waals surface area (Å²) < 4.78 is 6.30. The van der Waals surface area contributed by atoms with Gasteiger partial charge in [-0.3, -0.25) is 0 Å². The summed E-state index contributed by atoms with van der Waals surface area (Å²) in [4.78, 5) is 0. The predicted molar refractivity (Wildman–Crippen MR) is 102 cm³/mol. The topological polar surface area (TPSA) is 49.7 Å². The fourth-order valence-corrected chi connectivity index (χ4v) is 4.81. The van der Waals surface area contributed by atoms with Crippen LogP contribution in [0.25, 0.3) is 6.08 Å². The number of hydrogen-bond donors (Lipinski definition) is 2. The summed E-state index contributed by atoms with van der Waals surface area (Å²) in [6.07, 6.45) is 9.62. The first-order valence-corrected chi connectivity index (χ1v) is 9.57. The normalized spacial score (nSPS) is 30.6. The number of benzene rings is 1. The van der Waals surface area contributed by atoms with Crippen molar-refractivity contribution >= 4 is 6.08 Å². The summed E-state index contributed by atoms with van der Waals surface area (Å²) in [6, 6.07) is 3.77. The Hall–Kier alpha value is -1.48. The van der Waals surface area contributed by atoms with Gasteiger partial charge in [-0.15, -0.1) is 0 Å². The number of aryl methyl sites for hydroxylation is 1. The van der Waals surface area contributed by atoms with Crippen LogP contribution in [0.15, 0.2) is 18.2 Å². The van der Waals surface area contributed by atoms with E-state index >= 15 is 0 Å². The van der Waals surface area contributed by atoms with Gasteiger partial charge in [-0.2, -0.15) is 0 Å². The number of phenols is 1. The van der Waals surface area contributed by atoms with Gasteiger partial charge < -0.3 is 14.9 Å². The molecule has 25 heavy (non-hydrogen) atoms. The Labute approximate surface area is 151 Å². The molecule has 0 amide bonds. The molecule has 0 radical (unpaired) electrons. The van der Waals surface area contributed by atoms with Crippen LogP contribution in [0, 0.1) is 24.2 Å². The maximum Gasteiger partial charge on any atom is 0.131 e. The molecule has 3 nitrogen and oxygen atoms in total. The van der Waals surface area contributed by atoms with Gasteiger partial charge in [-0.25, -0.2) is 0 Å². The zero-order valence-electron chi connectivity index (χ0n) is 16.0. The highest BCUT2D eigenvalue weighted by Gasteiger charge is 2.40. The van der Waals surface area contributed by atoms with Crippen molar-refractivity contribution in [1.82, 2.24) is 0 Å². The van der Waals surface area contributed by atoms with Crippen molar-refractivity contribution in [1.29, 1.82) is 0 Å². The summed E-state index contributed by atoms with van der Waals surface area (Å²) in [6.45, 7) is 9.06. The Morgan fingerprint density at radius 1 is 1.24 bits per heavy atom. The lowest BCUT2D eigenvalue weighted by atomic mass is 9.62. The average Bonchev–Trinajstić information content (AvgIpc) is 2.52. The standard InChI is InChI=1S/C22H32O3/c1-15-12-19(24)17-7-10-22(4,25-20(17)13-15)11-8-18-16(14-23)6-5-9-21(18,2)3/h7,10,12-13,16,18,23-24H,5-6,8-9,11,14H2,1-4H3. The first-order chi connectivity index (χ1) is 11.7. The summed E-state index contributed by atoms with van der Waals surface area (Å²) in [5, 5.41) is 19.9. The quantitative estimate of drug-likeness (QED) is 0.801. The van der Waals surface area contributed by atoms with Crippen molar-refractivity contribution < 1.29 is 14.9 Å². The molecule has 0 bridgehead atoms. The average molecular weight is 344 g/mol. The van der Waals surface area contributed by atoms with Crippen molar-refractivity contribution in [2.75, 3.05) is 6.61 Å². The molecular formula is C22H32O3. The number of phenolic OH excluding ortho intramolecular Hbond substituents is 1. The Bertz CT molecular complexity index is 661. The van der Waals surface area contributed by atoms with Crippen LogP contribution in [0.2, 0.25) is 0 Å². The molecule has 1 fully saturated rings. The second-order valence-electron chi connectivity index (χ2n) is 8.91.